The largest absolute Gasteiger partial charge is 0.465 e. The number of nitrogens with zero attached hydrogens (tertiary/aromatic N) is 2. The second-order valence-electron chi connectivity index (χ2n) is 5.40. The molecule has 0 saturated carbocycles. The molecule has 0 bridgehead atoms. The van der Waals surface area contributed by atoms with Crippen molar-refractivity contribution in [1.29, 1.82) is 0 Å². The van der Waals surface area contributed by atoms with Crippen LogP contribution in [-0.4, -0.2) is 67.4 Å². The van der Waals surface area contributed by atoms with Gasteiger partial charge in [-0.3, -0.25) is 14.5 Å². The van der Waals surface area contributed by atoms with E-state index in [1.807, 2.05) is 4.90 Å². The number of rotatable bonds is 4. The van der Waals surface area contributed by atoms with Gasteiger partial charge in [-0.15, -0.1) is 0 Å². The summed E-state index contributed by atoms with van der Waals surface area (Å²) in [6.07, 6.45) is 0. The molecule has 1 heterocycles. The lowest BCUT2D eigenvalue weighted by Gasteiger charge is -2.33. The van der Waals surface area contributed by atoms with Crippen LogP contribution in [0.1, 0.15) is 17.3 Å². The Morgan fingerprint density at radius 1 is 1.09 bits per heavy atom. The molecule has 2 amide bonds. The van der Waals surface area contributed by atoms with Gasteiger partial charge in [0, 0.05) is 38.8 Å². The Balaban J connectivity index is 1.81. The lowest BCUT2D eigenvalue weighted by molar-refractivity contribution is -0.130. The summed E-state index contributed by atoms with van der Waals surface area (Å²) in [4.78, 5) is 38.4. The van der Waals surface area contributed by atoms with Crippen molar-refractivity contribution >= 4 is 23.5 Å². The zero-order chi connectivity index (χ0) is 16.8. The molecule has 0 unspecified atom stereocenters. The van der Waals surface area contributed by atoms with E-state index in [-0.39, 0.29) is 18.4 Å². The number of hydrogen-bond acceptors (Lipinski definition) is 5. The SMILES string of the molecule is COC(=O)c1ccc(NC(=O)CN2CCN(C(C)=O)CC2)cc1. The third kappa shape index (κ3) is 4.79. The zero-order valence-corrected chi connectivity index (χ0v) is 13.4. The van der Waals surface area contributed by atoms with E-state index in [2.05, 4.69) is 10.1 Å². The molecule has 0 aliphatic carbocycles. The molecule has 2 rings (SSSR count). The first-order chi connectivity index (χ1) is 11.0. The quantitative estimate of drug-likeness (QED) is 0.821. The minimum atomic E-state index is -0.411. The van der Waals surface area contributed by atoms with E-state index in [9.17, 15) is 14.4 Å². The lowest BCUT2D eigenvalue weighted by Crippen LogP contribution is -2.49. The number of anilines is 1. The highest BCUT2D eigenvalue weighted by atomic mass is 16.5. The fraction of sp³-hybridized carbons (Fsp3) is 0.438. The standard InChI is InChI=1S/C16H21N3O4/c1-12(20)19-9-7-18(8-10-19)11-15(21)17-14-5-3-13(4-6-14)16(22)23-2/h3-6H,7-11H2,1-2H3,(H,17,21). The molecule has 0 aromatic heterocycles. The van der Waals surface area contributed by atoms with E-state index in [4.69, 9.17) is 0 Å². The van der Waals surface area contributed by atoms with E-state index in [1.165, 1.54) is 7.11 Å². The Morgan fingerprint density at radius 3 is 2.22 bits per heavy atom. The number of benzene rings is 1. The number of piperazine rings is 1. The van der Waals surface area contributed by atoms with Gasteiger partial charge in [-0.25, -0.2) is 4.79 Å². The van der Waals surface area contributed by atoms with Gasteiger partial charge in [0.25, 0.3) is 0 Å². The van der Waals surface area contributed by atoms with Crippen LogP contribution in [0.4, 0.5) is 5.69 Å². The second kappa shape index (κ2) is 7.73. The number of methoxy groups -OCH3 is 1. The van der Waals surface area contributed by atoms with E-state index in [0.29, 0.717) is 37.4 Å². The molecule has 1 aromatic carbocycles. The molecule has 124 valence electrons. The number of carbonyl (C=O) groups is 3. The first-order valence-electron chi connectivity index (χ1n) is 7.45. The zero-order valence-electron chi connectivity index (χ0n) is 13.4. The van der Waals surface area contributed by atoms with Crippen molar-refractivity contribution in [2.75, 3.05) is 45.2 Å². The van der Waals surface area contributed by atoms with Crippen molar-refractivity contribution in [3.8, 4) is 0 Å². The van der Waals surface area contributed by atoms with Crippen LogP contribution in [0.15, 0.2) is 24.3 Å². The predicted octanol–water partition coefficient (Wildman–Crippen LogP) is 0.576. The number of amides is 2. The normalized spacial score (nSPS) is 15.1. The van der Waals surface area contributed by atoms with Crippen LogP contribution in [-0.2, 0) is 14.3 Å². The molecular formula is C16H21N3O4. The maximum Gasteiger partial charge on any atom is 0.337 e. The van der Waals surface area contributed by atoms with Gasteiger partial charge < -0.3 is 15.0 Å². The van der Waals surface area contributed by atoms with Gasteiger partial charge in [0.2, 0.25) is 11.8 Å². The second-order valence-corrected chi connectivity index (χ2v) is 5.40. The third-order valence-corrected chi connectivity index (χ3v) is 3.77. The highest BCUT2D eigenvalue weighted by molar-refractivity contribution is 5.94. The topological polar surface area (TPSA) is 79.0 Å². The molecule has 1 N–H and O–H groups in total. The molecule has 1 saturated heterocycles. The van der Waals surface area contributed by atoms with Crippen molar-refractivity contribution in [3.05, 3.63) is 29.8 Å². The summed E-state index contributed by atoms with van der Waals surface area (Å²) in [6.45, 7) is 4.51. The van der Waals surface area contributed by atoms with Crippen molar-refractivity contribution in [2.45, 2.75) is 6.92 Å². The summed E-state index contributed by atoms with van der Waals surface area (Å²) in [5.74, 6) is -0.460. The van der Waals surface area contributed by atoms with Crippen LogP contribution < -0.4 is 5.32 Å². The fourth-order valence-electron chi connectivity index (χ4n) is 2.43. The Kier molecular flexibility index (Phi) is 5.70. The van der Waals surface area contributed by atoms with Crippen molar-refractivity contribution in [2.24, 2.45) is 0 Å². The van der Waals surface area contributed by atoms with Crippen LogP contribution in [0.5, 0.6) is 0 Å². The number of hydrogen-bond donors (Lipinski definition) is 1. The third-order valence-electron chi connectivity index (χ3n) is 3.77. The minimum absolute atomic E-state index is 0.0693. The summed E-state index contributed by atoms with van der Waals surface area (Å²) in [5.41, 5.74) is 1.07. The fourth-order valence-corrected chi connectivity index (χ4v) is 2.43. The first-order valence-corrected chi connectivity index (χ1v) is 7.45. The van der Waals surface area contributed by atoms with Crippen LogP contribution in [0.25, 0.3) is 0 Å². The van der Waals surface area contributed by atoms with Gasteiger partial charge in [-0.2, -0.15) is 0 Å². The van der Waals surface area contributed by atoms with Crippen molar-refractivity contribution in [3.63, 3.8) is 0 Å². The summed E-state index contributed by atoms with van der Waals surface area (Å²) in [7, 11) is 1.32. The van der Waals surface area contributed by atoms with E-state index in [1.54, 1.807) is 36.1 Å². The highest BCUT2D eigenvalue weighted by Crippen LogP contribution is 2.11. The van der Waals surface area contributed by atoms with Crippen LogP contribution in [0, 0.1) is 0 Å². The van der Waals surface area contributed by atoms with Gasteiger partial charge in [0.05, 0.1) is 19.2 Å². The average Bonchev–Trinajstić information content (AvgIpc) is 2.55. The average molecular weight is 319 g/mol. The molecule has 0 atom stereocenters. The molecule has 1 aliphatic rings. The van der Waals surface area contributed by atoms with E-state index >= 15 is 0 Å². The monoisotopic (exact) mass is 319 g/mol. The molecular weight excluding hydrogens is 298 g/mol. The summed E-state index contributed by atoms with van der Waals surface area (Å²) >= 11 is 0. The summed E-state index contributed by atoms with van der Waals surface area (Å²) in [6, 6.07) is 6.54. The van der Waals surface area contributed by atoms with Crippen LogP contribution in [0.2, 0.25) is 0 Å². The smallest absolute Gasteiger partial charge is 0.337 e. The number of nitrogens with one attached hydrogen (secondary N) is 1. The number of ether oxygens (including phenoxy) is 1. The number of esters is 1. The van der Waals surface area contributed by atoms with Gasteiger partial charge in [-0.1, -0.05) is 0 Å². The molecule has 7 heteroatoms. The maximum atomic E-state index is 12.0. The summed E-state index contributed by atoms with van der Waals surface area (Å²) < 4.78 is 4.62. The lowest BCUT2D eigenvalue weighted by atomic mass is 10.2. The van der Waals surface area contributed by atoms with Crippen LogP contribution >= 0.6 is 0 Å². The Bertz CT molecular complexity index is 577. The Morgan fingerprint density at radius 2 is 1.70 bits per heavy atom. The molecule has 1 aliphatic heterocycles. The predicted molar refractivity (Wildman–Crippen MR) is 85.1 cm³/mol. The molecule has 0 radical (unpaired) electrons. The molecule has 1 aromatic rings. The van der Waals surface area contributed by atoms with E-state index in [0.717, 1.165) is 0 Å². The Hall–Kier alpha value is -2.41. The van der Waals surface area contributed by atoms with Gasteiger partial charge in [-0.05, 0) is 24.3 Å². The minimum Gasteiger partial charge on any atom is -0.465 e. The number of carbonyl (C=O) groups excluding carboxylic acids is 3. The van der Waals surface area contributed by atoms with Crippen LogP contribution in [0.3, 0.4) is 0 Å². The van der Waals surface area contributed by atoms with Gasteiger partial charge >= 0.3 is 5.97 Å². The maximum absolute atomic E-state index is 12.0. The van der Waals surface area contributed by atoms with Gasteiger partial charge in [0.15, 0.2) is 0 Å². The van der Waals surface area contributed by atoms with Crippen molar-refractivity contribution < 1.29 is 19.1 Å². The van der Waals surface area contributed by atoms with E-state index < -0.39 is 5.97 Å². The first kappa shape index (κ1) is 17.0. The molecule has 7 nitrogen and oxygen atoms in total. The van der Waals surface area contributed by atoms with Gasteiger partial charge in [0.1, 0.15) is 0 Å². The molecule has 1 fully saturated rings. The molecule has 0 spiro atoms. The molecule has 23 heavy (non-hydrogen) atoms. The highest BCUT2D eigenvalue weighted by Gasteiger charge is 2.20. The Labute approximate surface area is 135 Å². The summed E-state index contributed by atoms with van der Waals surface area (Å²) in [5, 5.41) is 2.79. The van der Waals surface area contributed by atoms with Crippen molar-refractivity contribution in [1.82, 2.24) is 9.80 Å².